The normalized spacial score (nSPS) is 10.4. The maximum Gasteiger partial charge on any atom is 0.345 e. The van der Waals surface area contributed by atoms with E-state index in [9.17, 15) is 9.59 Å². The zero-order chi connectivity index (χ0) is 18.7. The molecule has 1 aromatic heterocycles. The third-order valence-electron chi connectivity index (χ3n) is 3.82. The highest BCUT2D eigenvalue weighted by molar-refractivity contribution is 5.96. The van der Waals surface area contributed by atoms with Gasteiger partial charge >= 0.3 is 5.97 Å². The van der Waals surface area contributed by atoms with E-state index in [0.717, 1.165) is 10.9 Å². The summed E-state index contributed by atoms with van der Waals surface area (Å²) in [5.41, 5.74) is 2.35. The van der Waals surface area contributed by atoms with Crippen LogP contribution in [0.3, 0.4) is 0 Å². The molecule has 0 saturated carbocycles. The first-order chi connectivity index (χ1) is 12.5. The third kappa shape index (κ3) is 3.80. The number of anilines is 1. The molecule has 6 heteroatoms. The Labute approximate surface area is 150 Å². The first kappa shape index (κ1) is 17.4. The highest BCUT2D eigenvalue weighted by Gasteiger charge is 2.14. The number of hydrogen-bond acceptors (Lipinski definition) is 5. The van der Waals surface area contributed by atoms with Crippen LogP contribution in [0.5, 0.6) is 11.5 Å². The predicted molar refractivity (Wildman–Crippen MR) is 98.7 cm³/mol. The lowest BCUT2D eigenvalue weighted by Crippen LogP contribution is -2.11. The molecule has 0 radical (unpaired) electrons. The Kier molecular flexibility index (Phi) is 4.84. The van der Waals surface area contributed by atoms with Crippen molar-refractivity contribution in [2.45, 2.75) is 13.8 Å². The molecule has 0 fully saturated rings. The summed E-state index contributed by atoms with van der Waals surface area (Å²) in [7, 11) is 1.59. The molecule has 0 bridgehead atoms. The number of nitrogens with zero attached hydrogens (tertiary/aromatic N) is 1. The highest BCUT2D eigenvalue weighted by atomic mass is 16.5. The minimum atomic E-state index is -0.486. The van der Waals surface area contributed by atoms with E-state index in [1.54, 1.807) is 44.4 Å². The minimum Gasteiger partial charge on any atom is -0.497 e. The van der Waals surface area contributed by atoms with Crippen molar-refractivity contribution in [2.75, 3.05) is 12.4 Å². The smallest absolute Gasteiger partial charge is 0.345 e. The van der Waals surface area contributed by atoms with Crippen molar-refractivity contribution in [3.63, 3.8) is 0 Å². The minimum absolute atomic E-state index is 0.163. The van der Waals surface area contributed by atoms with Gasteiger partial charge in [-0.25, -0.2) is 4.79 Å². The molecule has 0 saturated heterocycles. The van der Waals surface area contributed by atoms with Gasteiger partial charge in [-0.15, -0.1) is 0 Å². The molecular formula is C20H18N2O4. The molecule has 0 unspecified atom stereocenters. The van der Waals surface area contributed by atoms with Crippen LogP contribution in [-0.4, -0.2) is 24.0 Å². The maximum atomic E-state index is 12.5. The molecule has 1 N–H and O–H groups in total. The predicted octanol–water partition coefficient (Wildman–Crippen LogP) is 3.73. The Hall–Kier alpha value is -3.41. The number of aryl methyl sites for hydroxylation is 1. The quantitative estimate of drug-likeness (QED) is 0.573. The summed E-state index contributed by atoms with van der Waals surface area (Å²) in [5.74, 6) is 0.446. The average Bonchev–Trinajstić information content (AvgIpc) is 2.61. The van der Waals surface area contributed by atoms with Gasteiger partial charge in [0.25, 0.3) is 0 Å². The van der Waals surface area contributed by atoms with E-state index in [1.807, 2.05) is 18.2 Å². The van der Waals surface area contributed by atoms with E-state index >= 15 is 0 Å². The second kappa shape index (κ2) is 7.23. The van der Waals surface area contributed by atoms with Crippen LogP contribution in [0.4, 0.5) is 5.69 Å². The second-order valence-corrected chi connectivity index (χ2v) is 5.78. The highest BCUT2D eigenvalue weighted by Crippen LogP contribution is 2.23. The van der Waals surface area contributed by atoms with Crippen molar-refractivity contribution in [1.29, 1.82) is 0 Å². The fraction of sp³-hybridized carbons (Fsp3) is 0.150. The van der Waals surface area contributed by atoms with Gasteiger partial charge in [-0.2, -0.15) is 0 Å². The van der Waals surface area contributed by atoms with Crippen molar-refractivity contribution in [3.8, 4) is 11.5 Å². The van der Waals surface area contributed by atoms with E-state index in [4.69, 9.17) is 9.47 Å². The van der Waals surface area contributed by atoms with Crippen molar-refractivity contribution >= 4 is 28.5 Å². The third-order valence-corrected chi connectivity index (χ3v) is 3.82. The number of methoxy groups -OCH3 is 1. The molecule has 132 valence electrons. The number of esters is 1. The van der Waals surface area contributed by atoms with Gasteiger partial charge in [0.15, 0.2) is 0 Å². The van der Waals surface area contributed by atoms with E-state index < -0.39 is 5.97 Å². The van der Waals surface area contributed by atoms with Gasteiger partial charge in [0.1, 0.15) is 11.5 Å². The average molecular weight is 350 g/mol. The van der Waals surface area contributed by atoms with Crippen molar-refractivity contribution in [3.05, 3.63) is 59.8 Å². The number of amides is 1. The largest absolute Gasteiger partial charge is 0.497 e. The molecule has 3 aromatic rings. The van der Waals surface area contributed by atoms with E-state index in [2.05, 4.69) is 10.3 Å². The van der Waals surface area contributed by atoms with Crippen molar-refractivity contribution in [1.82, 2.24) is 4.98 Å². The molecule has 0 spiro atoms. The lowest BCUT2D eigenvalue weighted by Gasteiger charge is -2.09. The molecule has 1 heterocycles. The number of fused-ring (bicyclic) bond motifs is 1. The molecule has 0 atom stereocenters. The van der Waals surface area contributed by atoms with Crippen LogP contribution in [-0.2, 0) is 4.79 Å². The lowest BCUT2D eigenvalue weighted by molar-refractivity contribution is -0.114. The van der Waals surface area contributed by atoms with Crippen LogP contribution < -0.4 is 14.8 Å². The first-order valence-corrected chi connectivity index (χ1v) is 8.01. The molecule has 0 aliphatic rings. The van der Waals surface area contributed by atoms with Gasteiger partial charge in [-0.3, -0.25) is 9.78 Å². The molecular weight excluding hydrogens is 332 g/mol. The van der Waals surface area contributed by atoms with Crippen molar-refractivity contribution in [2.24, 2.45) is 0 Å². The summed E-state index contributed by atoms with van der Waals surface area (Å²) in [6.07, 6.45) is 0. The monoisotopic (exact) mass is 350 g/mol. The molecule has 0 aliphatic carbocycles. The molecule has 26 heavy (non-hydrogen) atoms. The van der Waals surface area contributed by atoms with Crippen LogP contribution in [0.25, 0.3) is 10.9 Å². The number of carbonyl (C=O) groups is 2. The number of aromatic nitrogens is 1. The Balaban J connectivity index is 1.83. The fourth-order valence-corrected chi connectivity index (χ4v) is 2.55. The van der Waals surface area contributed by atoms with Gasteiger partial charge in [0.05, 0.1) is 23.9 Å². The summed E-state index contributed by atoms with van der Waals surface area (Å²) in [5, 5.41) is 3.48. The topological polar surface area (TPSA) is 77.5 Å². The van der Waals surface area contributed by atoms with E-state index in [1.165, 1.54) is 6.92 Å². The van der Waals surface area contributed by atoms with E-state index in [0.29, 0.717) is 28.4 Å². The summed E-state index contributed by atoms with van der Waals surface area (Å²) in [6, 6.07) is 13.8. The Bertz CT molecular complexity index is 981. The summed E-state index contributed by atoms with van der Waals surface area (Å²) < 4.78 is 10.6. The van der Waals surface area contributed by atoms with Crippen LogP contribution in [0.15, 0.2) is 48.5 Å². The SMILES string of the molecule is COc1ccc2cc(C(=O)Oc3ccc(NC(C)=O)cc3)c(C)nc2c1. The van der Waals surface area contributed by atoms with Crippen LogP contribution in [0, 0.1) is 6.92 Å². The first-order valence-electron chi connectivity index (χ1n) is 8.01. The van der Waals surface area contributed by atoms with Gasteiger partial charge in [-0.1, -0.05) is 0 Å². The Morgan fingerprint density at radius 2 is 1.69 bits per heavy atom. The van der Waals surface area contributed by atoms with Crippen LogP contribution in [0.1, 0.15) is 23.0 Å². The van der Waals surface area contributed by atoms with Gasteiger partial charge in [0, 0.05) is 24.1 Å². The number of pyridine rings is 1. The Morgan fingerprint density at radius 1 is 1.00 bits per heavy atom. The van der Waals surface area contributed by atoms with Crippen LogP contribution in [0.2, 0.25) is 0 Å². The number of rotatable bonds is 4. The number of carbonyl (C=O) groups excluding carboxylic acids is 2. The number of nitrogens with one attached hydrogen (secondary N) is 1. The van der Waals surface area contributed by atoms with Gasteiger partial charge in [0.2, 0.25) is 5.91 Å². The fourth-order valence-electron chi connectivity index (χ4n) is 2.55. The molecule has 3 rings (SSSR count). The maximum absolute atomic E-state index is 12.5. The van der Waals surface area contributed by atoms with Crippen molar-refractivity contribution < 1.29 is 19.1 Å². The zero-order valence-electron chi connectivity index (χ0n) is 14.7. The number of ether oxygens (including phenoxy) is 2. The second-order valence-electron chi connectivity index (χ2n) is 5.78. The standard InChI is InChI=1S/C20H18N2O4/c1-12-18(10-14-4-7-17(25-3)11-19(14)21-12)20(24)26-16-8-5-15(6-9-16)22-13(2)23/h4-11H,1-3H3,(H,22,23). The van der Waals surface area contributed by atoms with Gasteiger partial charge in [-0.05, 0) is 49.4 Å². The summed E-state index contributed by atoms with van der Waals surface area (Å²) in [6.45, 7) is 3.19. The molecule has 0 aliphatic heterocycles. The van der Waals surface area contributed by atoms with Crippen LogP contribution >= 0.6 is 0 Å². The molecule has 6 nitrogen and oxygen atoms in total. The lowest BCUT2D eigenvalue weighted by atomic mass is 10.1. The summed E-state index contributed by atoms with van der Waals surface area (Å²) >= 11 is 0. The Morgan fingerprint density at radius 3 is 2.35 bits per heavy atom. The molecule has 2 aromatic carbocycles. The van der Waals surface area contributed by atoms with E-state index in [-0.39, 0.29) is 5.91 Å². The molecule has 1 amide bonds. The summed E-state index contributed by atoms with van der Waals surface area (Å²) in [4.78, 5) is 28.0. The zero-order valence-corrected chi connectivity index (χ0v) is 14.7. The number of hydrogen-bond donors (Lipinski definition) is 1. The van der Waals surface area contributed by atoms with Gasteiger partial charge < -0.3 is 14.8 Å². The number of benzene rings is 2.